The fourth-order valence-corrected chi connectivity index (χ4v) is 3.07. The van der Waals surface area contributed by atoms with Crippen LogP contribution in [0.5, 0.6) is 5.75 Å². The zero-order chi connectivity index (χ0) is 20.8. The maximum Gasteiger partial charge on any atom is 0.222 e. The van der Waals surface area contributed by atoms with Crippen LogP contribution in [0.1, 0.15) is 18.4 Å². The van der Waals surface area contributed by atoms with E-state index in [-0.39, 0.29) is 24.1 Å². The van der Waals surface area contributed by atoms with Crippen molar-refractivity contribution < 1.29 is 18.3 Å². The van der Waals surface area contributed by atoms with E-state index in [2.05, 4.69) is 5.10 Å². The minimum Gasteiger partial charge on any atom is -0.496 e. The van der Waals surface area contributed by atoms with Gasteiger partial charge in [0, 0.05) is 43.9 Å². The zero-order valence-corrected chi connectivity index (χ0v) is 16.4. The van der Waals surface area contributed by atoms with Gasteiger partial charge >= 0.3 is 0 Å². The first-order valence-electron chi connectivity index (χ1n) is 9.31. The van der Waals surface area contributed by atoms with Crippen LogP contribution in [0.25, 0.3) is 11.1 Å². The first-order chi connectivity index (χ1) is 14.0. The van der Waals surface area contributed by atoms with E-state index in [1.54, 1.807) is 41.0 Å². The molecule has 0 radical (unpaired) electrons. The number of rotatable bonds is 8. The van der Waals surface area contributed by atoms with Crippen LogP contribution in [-0.2, 0) is 17.9 Å². The minimum absolute atomic E-state index is 0.0396. The van der Waals surface area contributed by atoms with Crippen LogP contribution in [-0.4, -0.2) is 34.7 Å². The van der Waals surface area contributed by atoms with E-state index in [0.29, 0.717) is 30.7 Å². The molecule has 0 bridgehead atoms. The number of amides is 1. The first kappa shape index (κ1) is 20.5. The smallest absolute Gasteiger partial charge is 0.222 e. The Kier molecular flexibility index (Phi) is 6.59. The number of hydrogen-bond acceptors (Lipinski definition) is 3. The van der Waals surface area contributed by atoms with Gasteiger partial charge in [-0.1, -0.05) is 12.1 Å². The van der Waals surface area contributed by atoms with Crippen molar-refractivity contribution in [2.45, 2.75) is 25.9 Å². The van der Waals surface area contributed by atoms with Gasteiger partial charge in [-0.3, -0.25) is 9.48 Å². The third-order valence-electron chi connectivity index (χ3n) is 4.66. The molecule has 0 aliphatic carbocycles. The molecule has 1 heterocycles. The summed E-state index contributed by atoms with van der Waals surface area (Å²) < 4.78 is 33.5. The monoisotopic (exact) mass is 399 g/mol. The van der Waals surface area contributed by atoms with Crippen molar-refractivity contribution in [3.63, 3.8) is 0 Å². The highest BCUT2D eigenvalue weighted by Gasteiger charge is 2.13. The largest absolute Gasteiger partial charge is 0.496 e. The molecule has 152 valence electrons. The molecule has 0 aliphatic rings. The fourth-order valence-electron chi connectivity index (χ4n) is 3.07. The van der Waals surface area contributed by atoms with Gasteiger partial charge in [-0.05, 0) is 42.3 Å². The number of aryl methyl sites for hydroxylation is 1. The Morgan fingerprint density at radius 3 is 2.55 bits per heavy atom. The van der Waals surface area contributed by atoms with Crippen LogP contribution in [0, 0.1) is 11.6 Å². The lowest BCUT2D eigenvalue weighted by Gasteiger charge is -2.19. The van der Waals surface area contributed by atoms with Gasteiger partial charge < -0.3 is 9.64 Å². The first-order valence-corrected chi connectivity index (χ1v) is 9.31. The summed E-state index contributed by atoms with van der Waals surface area (Å²) in [5.41, 5.74) is 2.41. The fraction of sp³-hybridized carbons (Fsp3) is 0.273. The number of methoxy groups -OCH3 is 1. The molecule has 29 heavy (non-hydrogen) atoms. The van der Waals surface area contributed by atoms with Crippen LogP contribution in [0.3, 0.4) is 0 Å². The SMILES string of the molecule is COc1ccc(F)cc1CN(C)C(=O)CCCn1cc(-c2ccc(F)cc2)cn1. The molecular weight excluding hydrogens is 376 g/mol. The topological polar surface area (TPSA) is 47.4 Å². The zero-order valence-electron chi connectivity index (χ0n) is 16.4. The van der Waals surface area contributed by atoms with E-state index >= 15 is 0 Å². The van der Waals surface area contributed by atoms with Gasteiger partial charge in [-0.25, -0.2) is 8.78 Å². The molecule has 3 aromatic rings. The van der Waals surface area contributed by atoms with Gasteiger partial charge in [0.05, 0.1) is 13.3 Å². The molecule has 1 amide bonds. The lowest BCUT2D eigenvalue weighted by molar-refractivity contribution is -0.130. The van der Waals surface area contributed by atoms with Crippen LogP contribution in [0.2, 0.25) is 0 Å². The second-order valence-electron chi connectivity index (χ2n) is 6.81. The van der Waals surface area contributed by atoms with Crippen LogP contribution in [0.15, 0.2) is 54.9 Å². The number of hydrogen-bond donors (Lipinski definition) is 0. The number of ether oxygens (including phenoxy) is 1. The Bertz CT molecular complexity index is 970. The Morgan fingerprint density at radius 2 is 1.83 bits per heavy atom. The Labute approximate surface area is 168 Å². The molecule has 5 nitrogen and oxygen atoms in total. The Morgan fingerprint density at radius 1 is 1.10 bits per heavy atom. The average molecular weight is 399 g/mol. The number of carbonyl (C=O) groups excluding carboxylic acids is 1. The van der Waals surface area contributed by atoms with E-state index in [0.717, 1.165) is 11.1 Å². The molecule has 0 atom stereocenters. The van der Waals surface area contributed by atoms with Crippen molar-refractivity contribution in [1.82, 2.24) is 14.7 Å². The van der Waals surface area contributed by atoms with Gasteiger partial charge in [-0.2, -0.15) is 5.10 Å². The van der Waals surface area contributed by atoms with Crippen LogP contribution in [0.4, 0.5) is 8.78 Å². The van der Waals surface area contributed by atoms with Gasteiger partial charge in [-0.15, -0.1) is 0 Å². The van der Waals surface area contributed by atoms with Crippen molar-refractivity contribution in [2.24, 2.45) is 0 Å². The van der Waals surface area contributed by atoms with E-state index in [1.807, 2.05) is 6.20 Å². The summed E-state index contributed by atoms with van der Waals surface area (Å²) in [6.07, 6.45) is 4.56. The maximum atomic E-state index is 13.5. The highest BCUT2D eigenvalue weighted by atomic mass is 19.1. The molecule has 0 saturated carbocycles. The number of benzene rings is 2. The van der Waals surface area contributed by atoms with Crippen LogP contribution < -0.4 is 4.74 Å². The van der Waals surface area contributed by atoms with Crippen molar-refractivity contribution in [3.8, 4) is 16.9 Å². The van der Waals surface area contributed by atoms with Crippen LogP contribution >= 0.6 is 0 Å². The third-order valence-corrected chi connectivity index (χ3v) is 4.66. The summed E-state index contributed by atoms with van der Waals surface area (Å²) in [6.45, 7) is 0.861. The van der Waals surface area contributed by atoms with Gasteiger partial charge in [0.2, 0.25) is 5.91 Å². The average Bonchev–Trinajstić information content (AvgIpc) is 3.17. The van der Waals surface area contributed by atoms with Gasteiger partial charge in [0.1, 0.15) is 17.4 Å². The Hall–Kier alpha value is -3.22. The standard InChI is InChI=1S/C22H23F2N3O2/c1-26(14-17-12-20(24)9-10-21(17)29-2)22(28)4-3-11-27-15-18(13-25-27)16-5-7-19(23)8-6-16/h5-10,12-13,15H,3-4,11,14H2,1-2H3. The Balaban J connectivity index is 1.51. The quantitative estimate of drug-likeness (QED) is 0.568. The van der Waals surface area contributed by atoms with Crippen molar-refractivity contribution in [3.05, 3.63) is 72.1 Å². The second kappa shape index (κ2) is 9.32. The lowest BCUT2D eigenvalue weighted by atomic mass is 10.1. The molecule has 0 unspecified atom stereocenters. The number of aromatic nitrogens is 2. The summed E-state index contributed by atoms with van der Waals surface area (Å²) in [5, 5.41) is 4.30. The summed E-state index contributed by atoms with van der Waals surface area (Å²) >= 11 is 0. The predicted octanol–water partition coefficient (Wildman–Crippen LogP) is 4.28. The molecule has 1 aromatic heterocycles. The summed E-state index contributed by atoms with van der Waals surface area (Å²) in [4.78, 5) is 14.0. The molecule has 0 fully saturated rings. The summed E-state index contributed by atoms with van der Waals surface area (Å²) in [7, 11) is 3.20. The molecule has 7 heteroatoms. The minimum atomic E-state index is -0.364. The third kappa shape index (κ3) is 5.40. The van der Waals surface area contributed by atoms with Crippen molar-refractivity contribution in [2.75, 3.05) is 14.2 Å². The number of nitrogens with zero attached hydrogens (tertiary/aromatic N) is 3. The molecule has 3 rings (SSSR count). The lowest BCUT2D eigenvalue weighted by Crippen LogP contribution is -2.26. The molecule has 2 aromatic carbocycles. The molecule has 0 aliphatic heterocycles. The summed E-state index contributed by atoms with van der Waals surface area (Å²) in [6, 6.07) is 10.5. The van der Waals surface area contributed by atoms with Crippen molar-refractivity contribution >= 4 is 5.91 Å². The number of halogens is 2. The molecule has 0 spiro atoms. The number of carbonyl (C=O) groups is 1. The highest BCUT2D eigenvalue weighted by molar-refractivity contribution is 5.75. The van der Waals surface area contributed by atoms with E-state index < -0.39 is 0 Å². The summed E-state index contributed by atoms with van der Waals surface area (Å²) in [5.74, 6) is -0.130. The normalized spacial score (nSPS) is 10.8. The highest BCUT2D eigenvalue weighted by Crippen LogP contribution is 2.21. The van der Waals surface area contributed by atoms with E-state index in [9.17, 15) is 13.6 Å². The molecule has 0 saturated heterocycles. The molecule has 0 N–H and O–H groups in total. The molecular formula is C22H23F2N3O2. The predicted molar refractivity (Wildman–Crippen MR) is 106 cm³/mol. The van der Waals surface area contributed by atoms with Crippen molar-refractivity contribution in [1.29, 1.82) is 0 Å². The van der Waals surface area contributed by atoms with Gasteiger partial charge in [0.25, 0.3) is 0 Å². The van der Waals surface area contributed by atoms with Gasteiger partial charge in [0.15, 0.2) is 0 Å². The maximum absolute atomic E-state index is 13.5. The van der Waals surface area contributed by atoms with E-state index in [4.69, 9.17) is 4.74 Å². The van der Waals surface area contributed by atoms with E-state index in [1.165, 1.54) is 31.4 Å². The second-order valence-corrected chi connectivity index (χ2v) is 6.81.